The number of benzene rings is 2. The number of anilines is 1. The number of aromatic nitrogens is 1. The van der Waals surface area contributed by atoms with Crippen LogP contribution in [0.5, 0.6) is 0 Å². The van der Waals surface area contributed by atoms with Crippen LogP contribution in [0.2, 0.25) is 0 Å². The van der Waals surface area contributed by atoms with E-state index in [1.165, 1.54) is 12.1 Å². The van der Waals surface area contributed by atoms with Crippen LogP contribution in [-0.2, 0) is 18.0 Å². The highest BCUT2D eigenvalue weighted by atomic mass is 19.1. The molecule has 5 heteroatoms. The maximum absolute atomic E-state index is 12.8. The van der Waals surface area contributed by atoms with Crippen molar-refractivity contribution in [1.29, 1.82) is 0 Å². The Labute approximate surface area is 133 Å². The van der Waals surface area contributed by atoms with E-state index in [1.54, 1.807) is 19.1 Å². The molecule has 3 rings (SSSR count). The van der Waals surface area contributed by atoms with Gasteiger partial charge >= 0.3 is 0 Å². The Bertz CT molecular complexity index is 780. The van der Waals surface area contributed by atoms with Crippen LogP contribution in [0.3, 0.4) is 0 Å². The summed E-state index contributed by atoms with van der Waals surface area (Å²) in [7, 11) is 0. The summed E-state index contributed by atoms with van der Waals surface area (Å²) in [6, 6.07) is 14.0. The number of halogens is 1. The Balaban J connectivity index is 1.59. The van der Waals surface area contributed by atoms with E-state index in [0.717, 1.165) is 16.7 Å². The monoisotopic (exact) mass is 312 g/mol. The van der Waals surface area contributed by atoms with E-state index in [0.29, 0.717) is 30.4 Å². The lowest BCUT2D eigenvalue weighted by atomic mass is 10.1. The summed E-state index contributed by atoms with van der Waals surface area (Å²) in [5, 5.41) is 3.85. The topological polar surface area (TPSA) is 61.3 Å². The van der Waals surface area contributed by atoms with Crippen LogP contribution in [-0.4, -0.2) is 5.16 Å². The van der Waals surface area contributed by atoms with Gasteiger partial charge in [0.1, 0.15) is 17.2 Å². The molecule has 1 aromatic heterocycles. The van der Waals surface area contributed by atoms with E-state index in [1.807, 2.05) is 24.3 Å². The minimum atomic E-state index is -0.244. The van der Waals surface area contributed by atoms with E-state index in [-0.39, 0.29) is 5.82 Å². The first-order valence-electron chi connectivity index (χ1n) is 7.27. The smallest absolute Gasteiger partial charge is 0.189 e. The molecule has 23 heavy (non-hydrogen) atoms. The van der Waals surface area contributed by atoms with Gasteiger partial charge in [0.2, 0.25) is 0 Å². The summed E-state index contributed by atoms with van der Waals surface area (Å²) in [6.45, 7) is 2.72. The first-order chi connectivity index (χ1) is 11.1. The average Bonchev–Trinajstić information content (AvgIpc) is 2.90. The molecule has 0 aliphatic rings. The van der Waals surface area contributed by atoms with E-state index in [9.17, 15) is 4.39 Å². The number of nitrogens with two attached hydrogens (primary N) is 1. The molecule has 2 aromatic carbocycles. The van der Waals surface area contributed by atoms with Crippen molar-refractivity contribution in [2.24, 2.45) is 0 Å². The third kappa shape index (κ3) is 3.57. The zero-order chi connectivity index (χ0) is 16.2. The van der Waals surface area contributed by atoms with Crippen molar-refractivity contribution in [2.45, 2.75) is 20.1 Å². The molecule has 0 aliphatic carbocycles. The van der Waals surface area contributed by atoms with Gasteiger partial charge in [-0.15, -0.1) is 0 Å². The fourth-order valence-corrected chi connectivity index (χ4v) is 2.20. The van der Waals surface area contributed by atoms with E-state index < -0.39 is 0 Å². The van der Waals surface area contributed by atoms with Gasteiger partial charge in [0.15, 0.2) is 5.76 Å². The van der Waals surface area contributed by atoms with Crippen molar-refractivity contribution in [3.05, 3.63) is 71.2 Å². The fraction of sp³-hybridized carbons (Fsp3) is 0.167. The van der Waals surface area contributed by atoms with Crippen molar-refractivity contribution in [3.63, 3.8) is 0 Å². The van der Waals surface area contributed by atoms with Gasteiger partial charge in [-0.2, -0.15) is 0 Å². The molecule has 0 bridgehead atoms. The lowest BCUT2D eigenvalue weighted by molar-refractivity contribution is 0.107. The summed E-state index contributed by atoms with van der Waals surface area (Å²) < 4.78 is 23.7. The Morgan fingerprint density at radius 1 is 1.00 bits per heavy atom. The zero-order valence-electron chi connectivity index (χ0n) is 12.8. The van der Waals surface area contributed by atoms with Crippen molar-refractivity contribution >= 4 is 5.69 Å². The van der Waals surface area contributed by atoms with Crippen LogP contribution in [0.4, 0.5) is 10.1 Å². The number of hydrogen-bond donors (Lipinski definition) is 1. The summed E-state index contributed by atoms with van der Waals surface area (Å²) in [4.78, 5) is 0. The zero-order valence-corrected chi connectivity index (χ0v) is 12.8. The Kier molecular flexibility index (Phi) is 4.39. The summed E-state index contributed by atoms with van der Waals surface area (Å²) in [5.74, 6) is 0.340. The molecular formula is C18H17FN2O2. The van der Waals surface area contributed by atoms with Crippen LogP contribution in [0.15, 0.2) is 53.1 Å². The second kappa shape index (κ2) is 6.62. The maximum Gasteiger partial charge on any atom is 0.189 e. The molecule has 0 atom stereocenters. The largest absolute Gasteiger partial charge is 0.394 e. The second-order valence-electron chi connectivity index (χ2n) is 5.33. The van der Waals surface area contributed by atoms with E-state index in [4.69, 9.17) is 15.0 Å². The van der Waals surface area contributed by atoms with Crippen LogP contribution < -0.4 is 5.73 Å². The lowest BCUT2D eigenvalue weighted by Crippen LogP contribution is -1.94. The Hall–Kier alpha value is -2.66. The number of nitrogen functional groups attached to an aromatic ring is 1. The standard InChI is InChI=1S/C18H17FN2O2/c1-12-17(20)18(23-21-12)15-6-2-13(3-7-15)10-22-11-14-4-8-16(19)9-5-14/h2-9H,10-11,20H2,1H3. The highest BCUT2D eigenvalue weighted by Gasteiger charge is 2.11. The third-order valence-corrected chi connectivity index (χ3v) is 3.58. The molecule has 1 heterocycles. The minimum absolute atomic E-state index is 0.244. The molecule has 0 saturated heterocycles. The maximum atomic E-state index is 12.8. The molecule has 0 saturated carbocycles. The van der Waals surface area contributed by atoms with Gasteiger partial charge in [-0.05, 0) is 30.2 Å². The number of ether oxygens (including phenoxy) is 1. The first kappa shape index (κ1) is 15.2. The van der Waals surface area contributed by atoms with Crippen molar-refractivity contribution in [3.8, 4) is 11.3 Å². The highest BCUT2D eigenvalue weighted by molar-refractivity contribution is 5.72. The molecule has 2 N–H and O–H groups in total. The number of aryl methyl sites for hydroxylation is 1. The van der Waals surface area contributed by atoms with Crippen LogP contribution in [0, 0.1) is 12.7 Å². The highest BCUT2D eigenvalue weighted by Crippen LogP contribution is 2.28. The molecule has 0 unspecified atom stereocenters. The summed E-state index contributed by atoms with van der Waals surface area (Å²) in [6.07, 6.45) is 0. The summed E-state index contributed by atoms with van der Waals surface area (Å²) >= 11 is 0. The molecule has 3 aromatic rings. The molecule has 0 radical (unpaired) electrons. The Morgan fingerprint density at radius 2 is 1.57 bits per heavy atom. The number of hydrogen-bond acceptors (Lipinski definition) is 4. The number of rotatable bonds is 5. The van der Waals surface area contributed by atoms with Gasteiger partial charge in [0, 0.05) is 5.56 Å². The Morgan fingerprint density at radius 3 is 2.09 bits per heavy atom. The molecule has 0 spiro atoms. The van der Waals surface area contributed by atoms with Gasteiger partial charge in [0.05, 0.1) is 13.2 Å². The average molecular weight is 312 g/mol. The molecule has 118 valence electrons. The summed E-state index contributed by atoms with van der Waals surface area (Å²) in [5.41, 5.74) is 10.0. The van der Waals surface area contributed by atoms with E-state index in [2.05, 4.69) is 5.16 Å². The van der Waals surface area contributed by atoms with Crippen LogP contribution >= 0.6 is 0 Å². The molecule has 4 nitrogen and oxygen atoms in total. The first-order valence-corrected chi connectivity index (χ1v) is 7.27. The van der Waals surface area contributed by atoms with E-state index >= 15 is 0 Å². The van der Waals surface area contributed by atoms with Gasteiger partial charge < -0.3 is 15.0 Å². The van der Waals surface area contributed by atoms with Crippen LogP contribution in [0.25, 0.3) is 11.3 Å². The minimum Gasteiger partial charge on any atom is -0.394 e. The quantitative estimate of drug-likeness (QED) is 0.771. The fourth-order valence-electron chi connectivity index (χ4n) is 2.20. The third-order valence-electron chi connectivity index (χ3n) is 3.58. The SMILES string of the molecule is Cc1noc(-c2ccc(COCc3ccc(F)cc3)cc2)c1N. The van der Waals surface area contributed by atoms with Gasteiger partial charge in [0.25, 0.3) is 0 Å². The lowest BCUT2D eigenvalue weighted by Gasteiger charge is -2.05. The number of nitrogens with zero attached hydrogens (tertiary/aromatic N) is 1. The normalized spacial score (nSPS) is 10.9. The molecule has 0 fully saturated rings. The van der Waals surface area contributed by atoms with Gasteiger partial charge in [-0.3, -0.25) is 0 Å². The van der Waals surface area contributed by atoms with Crippen molar-refractivity contribution < 1.29 is 13.7 Å². The van der Waals surface area contributed by atoms with Gasteiger partial charge in [-0.1, -0.05) is 41.6 Å². The van der Waals surface area contributed by atoms with Gasteiger partial charge in [-0.25, -0.2) is 4.39 Å². The van der Waals surface area contributed by atoms with Crippen molar-refractivity contribution in [1.82, 2.24) is 5.16 Å². The van der Waals surface area contributed by atoms with Crippen LogP contribution in [0.1, 0.15) is 16.8 Å². The predicted molar refractivity (Wildman–Crippen MR) is 86.0 cm³/mol. The van der Waals surface area contributed by atoms with Crippen molar-refractivity contribution in [2.75, 3.05) is 5.73 Å². The molecule has 0 aliphatic heterocycles. The molecular weight excluding hydrogens is 295 g/mol. The molecule has 0 amide bonds. The second-order valence-corrected chi connectivity index (χ2v) is 5.33. The predicted octanol–water partition coefficient (Wildman–Crippen LogP) is 4.09.